The van der Waals surface area contributed by atoms with Crippen LogP contribution in [0.3, 0.4) is 0 Å². The first kappa shape index (κ1) is 20.3. The van der Waals surface area contributed by atoms with Gasteiger partial charge in [-0.1, -0.05) is 23.4 Å². The Kier molecular flexibility index (Phi) is 5.41. The van der Waals surface area contributed by atoms with Crippen LogP contribution in [0.2, 0.25) is 0 Å². The summed E-state index contributed by atoms with van der Waals surface area (Å²) in [5, 5.41) is 13.7. The van der Waals surface area contributed by atoms with Gasteiger partial charge in [-0.25, -0.2) is 9.67 Å². The number of amides is 1. The van der Waals surface area contributed by atoms with Crippen LogP contribution in [0.4, 0.5) is 5.82 Å². The summed E-state index contributed by atoms with van der Waals surface area (Å²) in [4.78, 5) is 20.5. The highest BCUT2D eigenvalue weighted by atomic mass is 16.2. The molecule has 0 unspecified atom stereocenters. The Labute approximate surface area is 187 Å². The predicted octanol–water partition coefficient (Wildman–Crippen LogP) is 3.83. The van der Waals surface area contributed by atoms with Crippen molar-refractivity contribution >= 4 is 22.5 Å². The Balaban J connectivity index is 1.57. The number of anilines is 1. The molecule has 1 fully saturated rings. The van der Waals surface area contributed by atoms with Gasteiger partial charge in [0.15, 0.2) is 0 Å². The van der Waals surface area contributed by atoms with E-state index >= 15 is 0 Å². The van der Waals surface area contributed by atoms with Gasteiger partial charge in [0.05, 0.1) is 23.6 Å². The summed E-state index contributed by atoms with van der Waals surface area (Å²) in [5.74, 6) is 0.693. The van der Waals surface area contributed by atoms with Gasteiger partial charge in [0, 0.05) is 23.7 Å². The number of carbonyl (C=O) groups excluding carboxylic acids is 1. The molecule has 5 rings (SSSR count). The fourth-order valence-electron chi connectivity index (χ4n) is 4.43. The zero-order valence-corrected chi connectivity index (χ0v) is 18.3. The van der Waals surface area contributed by atoms with Gasteiger partial charge in [0.25, 0.3) is 5.91 Å². The monoisotopic (exact) mass is 426 g/mol. The normalized spacial score (nSPS) is 16.2. The molecule has 0 spiro atoms. The number of rotatable bonds is 4. The third kappa shape index (κ3) is 3.76. The van der Waals surface area contributed by atoms with E-state index in [1.54, 1.807) is 10.9 Å². The zero-order chi connectivity index (χ0) is 22.1. The molecule has 7 nitrogen and oxygen atoms in total. The third-order valence-corrected chi connectivity index (χ3v) is 6.05. The standard InChI is InChI=1S/C25H26N6O/c1-17-5-3-6-19-12-14-27-24(23(17)19)31(22-7-4-13-26-15-22)25(32)20-8-10-21(11-9-20)30-16-18(2)28-29-30/h3,5-6,8-12,14,16,22,26H,4,7,13,15H2,1-2H3/t22-/m1/s1. The van der Waals surface area contributed by atoms with Crippen molar-refractivity contribution in [2.45, 2.75) is 32.7 Å². The average Bonchev–Trinajstić information content (AvgIpc) is 3.26. The van der Waals surface area contributed by atoms with E-state index in [0.29, 0.717) is 5.56 Å². The molecular formula is C25H26N6O. The summed E-state index contributed by atoms with van der Waals surface area (Å²) < 4.78 is 1.71. The average molecular weight is 427 g/mol. The van der Waals surface area contributed by atoms with Gasteiger partial charge >= 0.3 is 0 Å². The van der Waals surface area contributed by atoms with Gasteiger partial charge < -0.3 is 5.32 Å². The van der Waals surface area contributed by atoms with Crippen LogP contribution in [-0.2, 0) is 0 Å². The van der Waals surface area contributed by atoms with E-state index in [1.165, 1.54) is 0 Å². The molecule has 0 aliphatic carbocycles. The molecule has 0 bridgehead atoms. The number of nitrogens with one attached hydrogen (secondary N) is 1. The Bertz CT molecular complexity index is 1250. The van der Waals surface area contributed by atoms with Crippen molar-refractivity contribution in [3.63, 3.8) is 0 Å². The van der Waals surface area contributed by atoms with Crippen LogP contribution >= 0.6 is 0 Å². The zero-order valence-electron chi connectivity index (χ0n) is 18.3. The smallest absolute Gasteiger partial charge is 0.259 e. The molecule has 4 aromatic rings. The van der Waals surface area contributed by atoms with Crippen LogP contribution in [0.15, 0.2) is 60.9 Å². The molecule has 1 aliphatic heterocycles. The minimum Gasteiger partial charge on any atom is -0.315 e. The fourth-order valence-corrected chi connectivity index (χ4v) is 4.43. The Morgan fingerprint density at radius 2 is 1.97 bits per heavy atom. The van der Waals surface area contributed by atoms with Crippen LogP contribution in [0.5, 0.6) is 0 Å². The quantitative estimate of drug-likeness (QED) is 0.537. The van der Waals surface area contributed by atoms with Gasteiger partial charge in [-0.3, -0.25) is 9.69 Å². The van der Waals surface area contributed by atoms with Crippen LogP contribution in [0.1, 0.15) is 34.5 Å². The van der Waals surface area contributed by atoms with Gasteiger partial charge in [-0.2, -0.15) is 0 Å². The summed E-state index contributed by atoms with van der Waals surface area (Å²) in [6.07, 6.45) is 5.63. The summed E-state index contributed by atoms with van der Waals surface area (Å²) >= 11 is 0. The van der Waals surface area contributed by atoms with Gasteiger partial charge in [-0.15, -0.1) is 5.10 Å². The maximum atomic E-state index is 13.9. The summed E-state index contributed by atoms with van der Waals surface area (Å²) in [6, 6.07) is 15.8. The van der Waals surface area contributed by atoms with E-state index < -0.39 is 0 Å². The number of fused-ring (bicyclic) bond motifs is 1. The molecule has 7 heteroatoms. The molecule has 162 valence electrons. The van der Waals surface area contributed by atoms with E-state index in [9.17, 15) is 4.79 Å². The highest BCUT2D eigenvalue weighted by Gasteiger charge is 2.30. The SMILES string of the molecule is Cc1cn(-c2ccc(C(=O)N(c3nccc4cccc(C)c34)[C@@H]3CCCNC3)cc2)nn1. The number of benzene rings is 2. The van der Waals surface area contributed by atoms with Crippen molar-refractivity contribution in [2.24, 2.45) is 0 Å². The molecule has 1 aliphatic rings. The molecule has 32 heavy (non-hydrogen) atoms. The maximum absolute atomic E-state index is 13.9. The molecule has 1 amide bonds. The molecule has 2 aromatic heterocycles. The second kappa shape index (κ2) is 8.51. The molecule has 2 aromatic carbocycles. The molecule has 1 atom stereocenters. The molecule has 0 saturated carbocycles. The number of piperidine rings is 1. The third-order valence-electron chi connectivity index (χ3n) is 6.05. The van der Waals surface area contributed by atoms with E-state index in [2.05, 4.69) is 34.7 Å². The van der Waals surface area contributed by atoms with E-state index in [4.69, 9.17) is 4.98 Å². The lowest BCUT2D eigenvalue weighted by molar-refractivity contribution is 0.0972. The number of hydrogen-bond acceptors (Lipinski definition) is 5. The molecule has 1 saturated heterocycles. The van der Waals surface area contributed by atoms with Crippen LogP contribution < -0.4 is 10.2 Å². The van der Waals surface area contributed by atoms with Crippen LogP contribution in [0.25, 0.3) is 16.5 Å². The fraction of sp³-hybridized carbons (Fsp3) is 0.280. The van der Waals surface area contributed by atoms with Crippen molar-refractivity contribution in [1.82, 2.24) is 25.3 Å². The Morgan fingerprint density at radius 3 is 2.69 bits per heavy atom. The van der Waals surface area contributed by atoms with Crippen molar-refractivity contribution < 1.29 is 4.79 Å². The minimum absolute atomic E-state index is 0.0386. The summed E-state index contributed by atoms with van der Waals surface area (Å²) in [5.41, 5.74) is 3.46. The molecule has 1 N–H and O–H groups in total. The van der Waals surface area contributed by atoms with Crippen molar-refractivity contribution in [3.05, 3.63) is 77.7 Å². The minimum atomic E-state index is -0.0386. The molecular weight excluding hydrogens is 400 g/mol. The van der Waals surface area contributed by atoms with Crippen LogP contribution in [0, 0.1) is 13.8 Å². The van der Waals surface area contributed by atoms with Gasteiger partial charge in [0.1, 0.15) is 5.82 Å². The van der Waals surface area contributed by atoms with Crippen molar-refractivity contribution in [1.29, 1.82) is 0 Å². The molecule has 3 heterocycles. The Morgan fingerprint density at radius 1 is 1.12 bits per heavy atom. The van der Waals surface area contributed by atoms with Gasteiger partial charge in [0.2, 0.25) is 0 Å². The van der Waals surface area contributed by atoms with Crippen molar-refractivity contribution in [2.75, 3.05) is 18.0 Å². The van der Waals surface area contributed by atoms with Crippen molar-refractivity contribution in [3.8, 4) is 5.69 Å². The topological polar surface area (TPSA) is 75.9 Å². The first-order valence-electron chi connectivity index (χ1n) is 11.0. The number of aromatic nitrogens is 4. The highest BCUT2D eigenvalue weighted by molar-refractivity contribution is 6.10. The number of hydrogen-bond donors (Lipinski definition) is 1. The predicted molar refractivity (Wildman–Crippen MR) is 125 cm³/mol. The second-order valence-corrected chi connectivity index (χ2v) is 8.33. The maximum Gasteiger partial charge on any atom is 0.259 e. The van der Waals surface area contributed by atoms with E-state index in [1.807, 2.05) is 54.4 Å². The summed E-state index contributed by atoms with van der Waals surface area (Å²) in [7, 11) is 0. The number of carbonyl (C=O) groups is 1. The van der Waals surface area contributed by atoms with E-state index in [-0.39, 0.29) is 11.9 Å². The largest absolute Gasteiger partial charge is 0.315 e. The number of nitrogens with zero attached hydrogens (tertiary/aromatic N) is 5. The lowest BCUT2D eigenvalue weighted by atomic mass is 10.0. The second-order valence-electron chi connectivity index (χ2n) is 8.33. The summed E-state index contributed by atoms with van der Waals surface area (Å²) in [6.45, 7) is 5.71. The number of aryl methyl sites for hydroxylation is 2. The lowest BCUT2D eigenvalue weighted by Gasteiger charge is -2.35. The Hall–Kier alpha value is -3.58. The van der Waals surface area contributed by atoms with E-state index in [0.717, 1.165) is 59.5 Å². The first-order valence-corrected chi connectivity index (χ1v) is 11.0. The van der Waals surface area contributed by atoms with Gasteiger partial charge in [-0.05, 0) is 74.5 Å². The number of pyridine rings is 1. The molecule has 0 radical (unpaired) electrons. The highest BCUT2D eigenvalue weighted by Crippen LogP contribution is 2.31. The lowest BCUT2D eigenvalue weighted by Crippen LogP contribution is -2.49. The van der Waals surface area contributed by atoms with Crippen LogP contribution in [-0.4, -0.2) is 45.0 Å². The first-order chi connectivity index (χ1) is 15.6.